The number of aromatic nitrogens is 2. The molecule has 1 aromatic carbocycles. The molecule has 0 bridgehead atoms. The molecule has 0 saturated heterocycles. The van der Waals surface area contributed by atoms with Crippen molar-refractivity contribution in [3.63, 3.8) is 0 Å². The number of nitrogens with zero attached hydrogens (tertiary/aromatic N) is 2. The standard InChI is InChI=1S/C22H23N3O2/c1-12(2)13-7-9-16(10-8-13)23-21(26)17-11-18(14-3-4-14)24-22-19(17)20(25-27-22)15-5-6-15/h7-12,14-15H,3-6H2,1-2H3,(H,23,26). The molecule has 3 aromatic rings. The molecule has 2 aliphatic rings. The van der Waals surface area contributed by atoms with Crippen molar-refractivity contribution in [2.45, 2.75) is 57.3 Å². The zero-order valence-corrected chi connectivity index (χ0v) is 15.7. The normalized spacial score (nSPS) is 16.9. The Morgan fingerprint density at radius 1 is 1.11 bits per heavy atom. The van der Waals surface area contributed by atoms with E-state index in [0.717, 1.165) is 48.1 Å². The molecule has 2 heterocycles. The summed E-state index contributed by atoms with van der Waals surface area (Å²) in [4.78, 5) is 17.8. The lowest BCUT2D eigenvalue weighted by molar-refractivity contribution is 0.102. The third-order valence-corrected chi connectivity index (χ3v) is 5.53. The molecular formula is C22H23N3O2. The van der Waals surface area contributed by atoms with Gasteiger partial charge in [-0.2, -0.15) is 0 Å². The van der Waals surface area contributed by atoms with Gasteiger partial charge in [-0.25, -0.2) is 4.98 Å². The molecule has 2 aromatic heterocycles. The number of rotatable bonds is 5. The van der Waals surface area contributed by atoms with Crippen LogP contribution in [0.1, 0.15) is 84.6 Å². The highest BCUT2D eigenvalue weighted by molar-refractivity contribution is 6.12. The third kappa shape index (κ3) is 3.11. The first-order valence-electron chi connectivity index (χ1n) is 9.81. The summed E-state index contributed by atoms with van der Waals surface area (Å²) >= 11 is 0. The van der Waals surface area contributed by atoms with Crippen molar-refractivity contribution in [1.82, 2.24) is 10.1 Å². The number of hydrogen-bond donors (Lipinski definition) is 1. The van der Waals surface area contributed by atoms with Crippen LogP contribution < -0.4 is 5.32 Å². The van der Waals surface area contributed by atoms with Crippen molar-refractivity contribution < 1.29 is 9.32 Å². The highest BCUT2D eigenvalue weighted by Crippen LogP contribution is 2.45. The molecule has 2 aliphatic carbocycles. The van der Waals surface area contributed by atoms with E-state index in [9.17, 15) is 4.79 Å². The fraction of sp³-hybridized carbons (Fsp3) is 0.409. The number of amides is 1. The van der Waals surface area contributed by atoms with E-state index in [1.54, 1.807) is 0 Å². The van der Waals surface area contributed by atoms with Gasteiger partial charge in [-0.15, -0.1) is 0 Å². The predicted octanol–water partition coefficient (Wildman–Crippen LogP) is 5.35. The molecule has 0 aliphatic heterocycles. The van der Waals surface area contributed by atoms with Crippen LogP contribution in [0.3, 0.4) is 0 Å². The zero-order chi connectivity index (χ0) is 18.5. The van der Waals surface area contributed by atoms with Gasteiger partial charge >= 0.3 is 0 Å². The van der Waals surface area contributed by atoms with E-state index in [0.29, 0.717) is 29.0 Å². The quantitative estimate of drug-likeness (QED) is 0.665. The van der Waals surface area contributed by atoms with Gasteiger partial charge in [-0.05, 0) is 55.4 Å². The molecule has 0 spiro atoms. The lowest BCUT2D eigenvalue weighted by atomic mass is 10.0. The van der Waals surface area contributed by atoms with Crippen LogP contribution in [0.2, 0.25) is 0 Å². The van der Waals surface area contributed by atoms with E-state index in [1.165, 1.54) is 5.56 Å². The molecule has 138 valence electrons. The largest absolute Gasteiger partial charge is 0.335 e. The van der Waals surface area contributed by atoms with Gasteiger partial charge in [0.1, 0.15) is 0 Å². The minimum Gasteiger partial charge on any atom is -0.335 e. The summed E-state index contributed by atoms with van der Waals surface area (Å²) in [6.45, 7) is 4.32. The maximum absolute atomic E-state index is 13.1. The van der Waals surface area contributed by atoms with Gasteiger partial charge in [-0.3, -0.25) is 4.79 Å². The fourth-order valence-electron chi connectivity index (χ4n) is 3.54. The van der Waals surface area contributed by atoms with Crippen molar-refractivity contribution in [3.8, 4) is 0 Å². The van der Waals surface area contributed by atoms with E-state index in [1.807, 2.05) is 18.2 Å². The summed E-state index contributed by atoms with van der Waals surface area (Å²) in [5.41, 5.74) is 5.03. The van der Waals surface area contributed by atoms with Gasteiger partial charge < -0.3 is 9.84 Å². The average molecular weight is 361 g/mol. The van der Waals surface area contributed by atoms with Crippen molar-refractivity contribution in [2.75, 3.05) is 5.32 Å². The minimum absolute atomic E-state index is 0.119. The summed E-state index contributed by atoms with van der Waals surface area (Å²) < 4.78 is 5.51. The Labute approximate surface area is 158 Å². The molecular weight excluding hydrogens is 338 g/mol. The summed E-state index contributed by atoms with van der Waals surface area (Å²) in [6.07, 6.45) is 4.45. The molecule has 0 unspecified atom stereocenters. The van der Waals surface area contributed by atoms with Gasteiger partial charge in [0.05, 0.1) is 16.6 Å². The Morgan fingerprint density at radius 2 is 1.81 bits per heavy atom. The Kier molecular flexibility index (Phi) is 3.78. The molecule has 0 radical (unpaired) electrons. The van der Waals surface area contributed by atoms with E-state index in [-0.39, 0.29) is 5.91 Å². The van der Waals surface area contributed by atoms with Crippen LogP contribution in [0.5, 0.6) is 0 Å². The second kappa shape index (κ2) is 6.19. The number of hydrogen-bond acceptors (Lipinski definition) is 4. The summed E-state index contributed by atoms with van der Waals surface area (Å²) in [6, 6.07) is 9.99. The number of nitrogens with one attached hydrogen (secondary N) is 1. The molecule has 2 fully saturated rings. The second-order valence-electron chi connectivity index (χ2n) is 8.12. The zero-order valence-electron chi connectivity index (χ0n) is 15.7. The summed E-state index contributed by atoms with van der Waals surface area (Å²) in [7, 11) is 0. The van der Waals surface area contributed by atoms with Crippen molar-refractivity contribution in [1.29, 1.82) is 0 Å². The van der Waals surface area contributed by atoms with Gasteiger partial charge in [0.25, 0.3) is 11.6 Å². The van der Waals surface area contributed by atoms with Gasteiger partial charge in [-0.1, -0.05) is 31.1 Å². The number of carbonyl (C=O) groups is 1. The first kappa shape index (κ1) is 16.5. The second-order valence-corrected chi connectivity index (χ2v) is 8.12. The van der Waals surface area contributed by atoms with Crippen molar-refractivity contribution in [3.05, 3.63) is 52.8 Å². The van der Waals surface area contributed by atoms with Crippen LogP contribution in [0.15, 0.2) is 34.9 Å². The van der Waals surface area contributed by atoms with Crippen molar-refractivity contribution in [2.24, 2.45) is 0 Å². The fourth-order valence-corrected chi connectivity index (χ4v) is 3.54. The first-order chi connectivity index (χ1) is 13.1. The molecule has 5 heteroatoms. The van der Waals surface area contributed by atoms with Crippen LogP contribution in [0.25, 0.3) is 11.1 Å². The molecule has 5 rings (SSSR count). The lowest BCUT2D eigenvalue weighted by Crippen LogP contribution is -2.13. The first-order valence-corrected chi connectivity index (χ1v) is 9.81. The Bertz CT molecular complexity index is 1010. The number of carbonyl (C=O) groups excluding carboxylic acids is 1. The SMILES string of the molecule is CC(C)c1ccc(NC(=O)c2cc(C3CC3)nc3onc(C4CC4)c23)cc1. The molecule has 2 saturated carbocycles. The summed E-state index contributed by atoms with van der Waals surface area (Å²) in [5.74, 6) is 1.19. The average Bonchev–Trinajstić information content (AvgIpc) is 3.59. The highest BCUT2D eigenvalue weighted by Gasteiger charge is 2.34. The topological polar surface area (TPSA) is 68.0 Å². The Balaban J connectivity index is 1.52. The number of benzene rings is 1. The smallest absolute Gasteiger partial charge is 0.259 e. The van der Waals surface area contributed by atoms with E-state index in [4.69, 9.17) is 4.52 Å². The maximum atomic E-state index is 13.1. The highest BCUT2D eigenvalue weighted by atomic mass is 16.5. The Morgan fingerprint density at radius 3 is 2.44 bits per heavy atom. The van der Waals surface area contributed by atoms with Gasteiger partial charge in [0, 0.05) is 23.2 Å². The van der Waals surface area contributed by atoms with E-state index in [2.05, 4.69) is 41.4 Å². The van der Waals surface area contributed by atoms with Crippen LogP contribution in [0, 0.1) is 0 Å². The summed E-state index contributed by atoms with van der Waals surface area (Å²) in [5, 5.41) is 8.08. The number of fused-ring (bicyclic) bond motifs is 1. The van der Waals surface area contributed by atoms with Gasteiger partial charge in [0.15, 0.2) is 0 Å². The van der Waals surface area contributed by atoms with Crippen LogP contribution in [-0.2, 0) is 0 Å². The van der Waals surface area contributed by atoms with Crippen LogP contribution in [0.4, 0.5) is 5.69 Å². The molecule has 27 heavy (non-hydrogen) atoms. The number of pyridine rings is 1. The maximum Gasteiger partial charge on any atom is 0.259 e. The minimum atomic E-state index is -0.119. The lowest BCUT2D eigenvalue weighted by Gasteiger charge is -2.10. The van der Waals surface area contributed by atoms with E-state index < -0.39 is 0 Å². The monoisotopic (exact) mass is 361 g/mol. The molecule has 0 atom stereocenters. The number of anilines is 1. The molecule has 1 N–H and O–H groups in total. The van der Waals surface area contributed by atoms with Gasteiger partial charge in [0.2, 0.25) is 0 Å². The third-order valence-electron chi connectivity index (χ3n) is 5.53. The Hall–Kier alpha value is -2.69. The van der Waals surface area contributed by atoms with Crippen molar-refractivity contribution >= 4 is 22.7 Å². The predicted molar refractivity (Wildman–Crippen MR) is 104 cm³/mol. The molecule has 1 amide bonds. The van der Waals surface area contributed by atoms with E-state index >= 15 is 0 Å². The molecule has 5 nitrogen and oxygen atoms in total. The van der Waals surface area contributed by atoms with Crippen LogP contribution in [-0.4, -0.2) is 16.0 Å². The van der Waals surface area contributed by atoms with Crippen LogP contribution >= 0.6 is 0 Å².